The highest BCUT2D eigenvalue weighted by atomic mass is 16.6. The maximum absolute atomic E-state index is 12.0. The molecule has 0 bridgehead atoms. The Morgan fingerprint density at radius 1 is 1.43 bits per heavy atom. The highest BCUT2D eigenvalue weighted by Crippen LogP contribution is 2.17. The van der Waals surface area contributed by atoms with Crippen LogP contribution in [0.4, 0.5) is 5.69 Å². The summed E-state index contributed by atoms with van der Waals surface area (Å²) >= 11 is 0. The molecule has 23 heavy (non-hydrogen) atoms. The van der Waals surface area contributed by atoms with Gasteiger partial charge in [0.05, 0.1) is 11.5 Å². The van der Waals surface area contributed by atoms with Gasteiger partial charge in [-0.05, 0) is 44.8 Å². The predicted molar refractivity (Wildman–Crippen MR) is 86.3 cm³/mol. The van der Waals surface area contributed by atoms with Gasteiger partial charge in [0.25, 0.3) is 11.6 Å². The van der Waals surface area contributed by atoms with Gasteiger partial charge in [0.1, 0.15) is 0 Å². The third kappa shape index (κ3) is 5.01. The number of carbonyl (C=O) groups excluding carboxylic acids is 1. The minimum absolute atomic E-state index is 0.0817. The number of aliphatic hydroxyl groups excluding tert-OH is 1. The molecule has 126 valence electrons. The van der Waals surface area contributed by atoms with Gasteiger partial charge >= 0.3 is 0 Å². The summed E-state index contributed by atoms with van der Waals surface area (Å²) in [5.41, 5.74) is 0.223. The van der Waals surface area contributed by atoms with Crippen molar-refractivity contribution in [3.63, 3.8) is 0 Å². The number of unbranched alkanes of at least 4 members (excludes halogenated alkanes) is 1. The van der Waals surface area contributed by atoms with Crippen molar-refractivity contribution in [2.45, 2.75) is 31.7 Å². The molecule has 1 heterocycles. The summed E-state index contributed by atoms with van der Waals surface area (Å²) < 4.78 is 0. The van der Waals surface area contributed by atoms with Gasteiger partial charge in [0.15, 0.2) is 0 Å². The second-order valence-corrected chi connectivity index (χ2v) is 5.79. The van der Waals surface area contributed by atoms with Crippen LogP contribution in [0.5, 0.6) is 0 Å². The number of benzene rings is 1. The normalized spacial score (nSPS) is 18.0. The van der Waals surface area contributed by atoms with E-state index >= 15 is 0 Å². The number of likely N-dealkylation sites (tertiary alicyclic amines) is 1. The van der Waals surface area contributed by atoms with Crippen LogP contribution in [-0.4, -0.2) is 53.1 Å². The highest BCUT2D eigenvalue weighted by molar-refractivity contribution is 5.94. The van der Waals surface area contributed by atoms with E-state index in [0.29, 0.717) is 12.1 Å². The molecular weight excluding hydrogens is 298 g/mol. The molecule has 2 N–H and O–H groups in total. The van der Waals surface area contributed by atoms with Crippen molar-refractivity contribution in [1.29, 1.82) is 0 Å². The Bertz CT molecular complexity index is 550. The van der Waals surface area contributed by atoms with Gasteiger partial charge in [-0.25, -0.2) is 0 Å². The largest absolute Gasteiger partial charge is 0.395 e. The lowest BCUT2D eigenvalue weighted by molar-refractivity contribution is -0.384. The van der Waals surface area contributed by atoms with Crippen LogP contribution in [-0.2, 0) is 0 Å². The van der Waals surface area contributed by atoms with Gasteiger partial charge in [-0.1, -0.05) is 6.07 Å². The standard InChI is InChI=1S/C16H23N3O4/c20-12-15-7-4-10-18(15)9-2-1-8-17-16(21)13-5-3-6-14(11-13)19(22)23/h3,5-6,11,15,20H,1-2,4,7-10,12H2,(H,17,21). The smallest absolute Gasteiger partial charge is 0.270 e. The Labute approximate surface area is 135 Å². The van der Waals surface area contributed by atoms with E-state index in [9.17, 15) is 20.0 Å². The number of hydrogen-bond donors (Lipinski definition) is 2. The van der Waals surface area contributed by atoms with E-state index in [1.165, 1.54) is 18.2 Å². The van der Waals surface area contributed by atoms with Crippen LogP contribution in [0.15, 0.2) is 24.3 Å². The fourth-order valence-electron chi connectivity index (χ4n) is 2.90. The first-order valence-corrected chi connectivity index (χ1v) is 7.99. The average molecular weight is 321 g/mol. The molecule has 1 aliphatic heterocycles. The maximum atomic E-state index is 12.0. The second kappa shape index (κ2) is 8.59. The SMILES string of the molecule is O=C(NCCCCN1CCCC1CO)c1cccc([N+](=O)[O-])c1. The van der Waals surface area contributed by atoms with Crippen LogP contribution >= 0.6 is 0 Å². The number of nitro groups is 1. The number of rotatable bonds is 8. The molecular formula is C16H23N3O4. The second-order valence-electron chi connectivity index (χ2n) is 5.79. The number of non-ortho nitro benzene ring substituents is 1. The number of nitrogens with one attached hydrogen (secondary N) is 1. The first-order valence-electron chi connectivity index (χ1n) is 7.99. The Hall–Kier alpha value is -1.99. The Balaban J connectivity index is 1.69. The van der Waals surface area contributed by atoms with E-state index < -0.39 is 4.92 Å². The molecule has 1 amide bonds. The number of nitrogens with zero attached hydrogens (tertiary/aromatic N) is 2. The summed E-state index contributed by atoms with van der Waals surface area (Å²) in [6.45, 7) is 2.71. The predicted octanol–water partition coefficient (Wildman–Crippen LogP) is 1.56. The molecule has 1 aliphatic rings. The van der Waals surface area contributed by atoms with Crippen LogP contribution in [0.1, 0.15) is 36.0 Å². The molecule has 1 unspecified atom stereocenters. The van der Waals surface area contributed by atoms with E-state index in [4.69, 9.17) is 0 Å². The molecule has 0 spiro atoms. The molecule has 0 aliphatic carbocycles. The third-order valence-electron chi connectivity index (χ3n) is 4.19. The van der Waals surface area contributed by atoms with E-state index in [1.807, 2.05) is 0 Å². The molecule has 7 nitrogen and oxygen atoms in total. The Morgan fingerprint density at radius 3 is 3.00 bits per heavy atom. The topological polar surface area (TPSA) is 95.7 Å². The van der Waals surface area contributed by atoms with E-state index in [2.05, 4.69) is 10.2 Å². The van der Waals surface area contributed by atoms with Crippen LogP contribution < -0.4 is 5.32 Å². The Morgan fingerprint density at radius 2 is 2.26 bits per heavy atom. The van der Waals surface area contributed by atoms with Crippen molar-refractivity contribution in [1.82, 2.24) is 10.2 Å². The number of aliphatic hydroxyl groups is 1. The van der Waals surface area contributed by atoms with Gasteiger partial charge in [-0.2, -0.15) is 0 Å². The molecule has 1 aromatic carbocycles. The molecule has 1 aromatic rings. The van der Waals surface area contributed by atoms with Crippen molar-refractivity contribution in [2.24, 2.45) is 0 Å². The van der Waals surface area contributed by atoms with Crippen molar-refractivity contribution >= 4 is 11.6 Å². The summed E-state index contributed by atoms with van der Waals surface area (Å²) in [6, 6.07) is 6.01. The fourth-order valence-corrected chi connectivity index (χ4v) is 2.90. The molecule has 0 radical (unpaired) electrons. The summed E-state index contributed by atoms with van der Waals surface area (Å²) in [5.74, 6) is -0.289. The van der Waals surface area contributed by atoms with Gasteiger partial charge in [-0.15, -0.1) is 0 Å². The first-order chi connectivity index (χ1) is 11.1. The van der Waals surface area contributed by atoms with Crippen molar-refractivity contribution in [3.05, 3.63) is 39.9 Å². The third-order valence-corrected chi connectivity index (χ3v) is 4.19. The highest BCUT2D eigenvalue weighted by Gasteiger charge is 2.22. The molecule has 0 saturated carbocycles. The van der Waals surface area contributed by atoms with Gasteiger partial charge in [0, 0.05) is 30.3 Å². The van der Waals surface area contributed by atoms with E-state index in [0.717, 1.165) is 38.8 Å². The lowest BCUT2D eigenvalue weighted by Gasteiger charge is -2.22. The van der Waals surface area contributed by atoms with E-state index in [1.54, 1.807) is 6.07 Å². The van der Waals surface area contributed by atoms with Crippen LogP contribution in [0.2, 0.25) is 0 Å². The van der Waals surface area contributed by atoms with Crippen molar-refractivity contribution in [2.75, 3.05) is 26.2 Å². The summed E-state index contributed by atoms with van der Waals surface area (Å²) in [4.78, 5) is 24.4. The lowest BCUT2D eigenvalue weighted by Crippen LogP contribution is -2.33. The molecule has 1 atom stereocenters. The quantitative estimate of drug-likeness (QED) is 0.430. The summed E-state index contributed by atoms with van der Waals surface area (Å²) in [6.07, 6.45) is 3.98. The van der Waals surface area contributed by atoms with Gasteiger partial charge in [-0.3, -0.25) is 19.8 Å². The van der Waals surface area contributed by atoms with E-state index in [-0.39, 0.29) is 24.2 Å². The van der Waals surface area contributed by atoms with Crippen molar-refractivity contribution in [3.8, 4) is 0 Å². The summed E-state index contributed by atoms with van der Waals surface area (Å²) in [7, 11) is 0. The zero-order valence-electron chi connectivity index (χ0n) is 13.1. The van der Waals surface area contributed by atoms with Crippen molar-refractivity contribution < 1.29 is 14.8 Å². The summed E-state index contributed by atoms with van der Waals surface area (Å²) in [5, 5.41) is 22.7. The molecule has 1 fully saturated rings. The lowest BCUT2D eigenvalue weighted by atomic mass is 10.2. The minimum atomic E-state index is -0.510. The number of carbonyl (C=O) groups is 1. The Kier molecular flexibility index (Phi) is 6.49. The van der Waals surface area contributed by atoms with Gasteiger partial charge in [0.2, 0.25) is 0 Å². The zero-order valence-corrected chi connectivity index (χ0v) is 13.1. The molecule has 2 rings (SSSR count). The maximum Gasteiger partial charge on any atom is 0.270 e. The van der Waals surface area contributed by atoms with Gasteiger partial charge < -0.3 is 10.4 Å². The zero-order chi connectivity index (χ0) is 16.7. The molecule has 7 heteroatoms. The molecule has 1 saturated heterocycles. The van der Waals surface area contributed by atoms with Crippen LogP contribution in [0.25, 0.3) is 0 Å². The average Bonchev–Trinajstić information content (AvgIpc) is 3.02. The fraction of sp³-hybridized carbons (Fsp3) is 0.562. The van der Waals surface area contributed by atoms with Crippen LogP contribution in [0.3, 0.4) is 0 Å². The number of hydrogen-bond acceptors (Lipinski definition) is 5. The van der Waals surface area contributed by atoms with Crippen LogP contribution in [0, 0.1) is 10.1 Å². The number of nitro benzene ring substituents is 1. The monoisotopic (exact) mass is 321 g/mol. The first kappa shape index (κ1) is 17.4. The number of amides is 1. The minimum Gasteiger partial charge on any atom is -0.395 e. The molecule has 0 aromatic heterocycles.